The zero-order chi connectivity index (χ0) is 21.8. The van der Waals surface area contributed by atoms with E-state index in [0.717, 1.165) is 11.8 Å². The molecule has 1 heterocycles. The highest BCUT2D eigenvalue weighted by Gasteiger charge is 2.33. The maximum absolute atomic E-state index is 13.0. The summed E-state index contributed by atoms with van der Waals surface area (Å²) in [5, 5.41) is 19.5. The molecule has 6 nitrogen and oxygen atoms in total. The number of carboxylic acid groups (broad SMARTS) is 1. The molecule has 3 rings (SSSR count). The molecule has 0 atom stereocenters. The minimum atomic E-state index is -1.08. The molecule has 2 aromatic carbocycles. The molecule has 30 heavy (non-hydrogen) atoms. The van der Waals surface area contributed by atoms with Crippen molar-refractivity contribution in [1.29, 1.82) is 0 Å². The molecule has 1 aliphatic rings. The van der Waals surface area contributed by atoms with Gasteiger partial charge in [0.05, 0.1) is 22.8 Å². The van der Waals surface area contributed by atoms with E-state index in [1.165, 1.54) is 17.0 Å². The molecule has 0 bridgehead atoms. The van der Waals surface area contributed by atoms with Crippen LogP contribution in [0.4, 0.5) is 5.69 Å². The number of benzene rings is 2. The van der Waals surface area contributed by atoms with Crippen molar-refractivity contribution in [1.82, 2.24) is 0 Å². The fourth-order valence-electron chi connectivity index (χ4n) is 2.97. The third kappa shape index (κ3) is 4.39. The molecule has 1 amide bonds. The van der Waals surface area contributed by atoms with Crippen molar-refractivity contribution >= 4 is 51.9 Å². The number of thioether (sulfide) groups is 1. The number of carbonyl (C=O) groups excluding carboxylic acids is 1. The van der Waals surface area contributed by atoms with Crippen LogP contribution in [0.15, 0.2) is 54.0 Å². The highest BCUT2D eigenvalue weighted by Crippen LogP contribution is 2.38. The van der Waals surface area contributed by atoms with Crippen LogP contribution in [0.2, 0.25) is 0 Å². The fraction of sp³-hybridized carbons (Fsp3) is 0.136. The minimum Gasteiger partial charge on any atom is -0.504 e. The molecule has 8 heteroatoms. The van der Waals surface area contributed by atoms with Gasteiger partial charge < -0.3 is 14.9 Å². The van der Waals surface area contributed by atoms with Crippen LogP contribution in [0.25, 0.3) is 6.08 Å². The number of phenols is 1. The quantitative estimate of drug-likeness (QED) is 0.368. The number of hydrogen-bond acceptors (Lipinski definition) is 6. The van der Waals surface area contributed by atoms with Crippen LogP contribution in [0.5, 0.6) is 11.5 Å². The molecule has 1 fully saturated rings. The summed E-state index contributed by atoms with van der Waals surface area (Å²) in [7, 11) is 0. The van der Waals surface area contributed by atoms with Crippen molar-refractivity contribution in [3.8, 4) is 11.5 Å². The lowest BCUT2D eigenvalue weighted by Gasteiger charge is -2.15. The van der Waals surface area contributed by atoms with Gasteiger partial charge >= 0.3 is 5.97 Å². The molecule has 2 aromatic rings. The molecule has 0 unspecified atom stereocenters. The Morgan fingerprint density at radius 1 is 1.33 bits per heavy atom. The van der Waals surface area contributed by atoms with Gasteiger partial charge in [0.1, 0.15) is 0 Å². The Bertz CT molecular complexity index is 1080. The van der Waals surface area contributed by atoms with Gasteiger partial charge in [-0.15, -0.1) is 6.58 Å². The number of nitrogens with zero attached hydrogens (tertiary/aromatic N) is 1. The van der Waals surface area contributed by atoms with Gasteiger partial charge in [-0.25, -0.2) is 4.79 Å². The van der Waals surface area contributed by atoms with E-state index in [-0.39, 0.29) is 17.2 Å². The van der Waals surface area contributed by atoms with Gasteiger partial charge in [0.2, 0.25) is 0 Å². The fourth-order valence-corrected chi connectivity index (χ4v) is 4.27. The summed E-state index contributed by atoms with van der Waals surface area (Å²) in [4.78, 5) is 25.9. The second-order valence-electron chi connectivity index (χ2n) is 6.33. The first-order chi connectivity index (χ1) is 14.3. The van der Waals surface area contributed by atoms with Gasteiger partial charge in [-0.05, 0) is 55.3 Å². The van der Waals surface area contributed by atoms with Crippen LogP contribution in [0.1, 0.15) is 28.4 Å². The second kappa shape index (κ2) is 9.15. The summed E-state index contributed by atoms with van der Waals surface area (Å²) in [6, 6.07) is 9.48. The van der Waals surface area contributed by atoms with Crippen LogP contribution in [0, 0.1) is 0 Å². The second-order valence-corrected chi connectivity index (χ2v) is 8.00. The smallest absolute Gasteiger partial charge is 0.335 e. The van der Waals surface area contributed by atoms with E-state index in [9.17, 15) is 19.8 Å². The van der Waals surface area contributed by atoms with Crippen molar-refractivity contribution in [3.63, 3.8) is 0 Å². The minimum absolute atomic E-state index is 0.0481. The number of aromatic hydroxyl groups is 1. The zero-order valence-corrected chi connectivity index (χ0v) is 17.8. The summed E-state index contributed by atoms with van der Waals surface area (Å²) >= 11 is 6.49. The lowest BCUT2D eigenvalue weighted by Crippen LogP contribution is -2.27. The Morgan fingerprint density at radius 2 is 2.10 bits per heavy atom. The summed E-state index contributed by atoms with van der Waals surface area (Å²) in [6.45, 7) is 5.90. The Balaban J connectivity index is 1.98. The van der Waals surface area contributed by atoms with Crippen LogP contribution in [0.3, 0.4) is 0 Å². The van der Waals surface area contributed by atoms with Crippen LogP contribution < -0.4 is 9.64 Å². The van der Waals surface area contributed by atoms with Gasteiger partial charge in [0.15, 0.2) is 15.8 Å². The van der Waals surface area contributed by atoms with E-state index < -0.39 is 5.97 Å². The number of thiocarbonyl (C=S) groups is 1. The van der Waals surface area contributed by atoms with Crippen molar-refractivity contribution in [3.05, 3.63) is 70.6 Å². The van der Waals surface area contributed by atoms with Crippen LogP contribution in [-0.4, -0.2) is 33.0 Å². The Morgan fingerprint density at radius 3 is 2.77 bits per heavy atom. The summed E-state index contributed by atoms with van der Waals surface area (Å²) in [6.07, 6.45) is 3.79. The molecular weight excluding hydrogens is 422 g/mol. The van der Waals surface area contributed by atoms with Gasteiger partial charge in [-0.3, -0.25) is 9.69 Å². The third-order valence-corrected chi connectivity index (χ3v) is 5.59. The summed E-state index contributed by atoms with van der Waals surface area (Å²) in [5.74, 6) is -1.05. The molecule has 0 aromatic heterocycles. The van der Waals surface area contributed by atoms with Crippen molar-refractivity contribution < 1.29 is 24.5 Å². The predicted octanol–water partition coefficient (Wildman–Crippen LogP) is 4.62. The number of amides is 1. The molecule has 154 valence electrons. The Labute approximate surface area is 183 Å². The molecule has 0 spiro atoms. The topological polar surface area (TPSA) is 87.1 Å². The van der Waals surface area contributed by atoms with Crippen molar-refractivity contribution in [2.24, 2.45) is 0 Å². The van der Waals surface area contributed by atoms with Crippen molar-refractivity contribution in [2.75, 3.05) is 11.5 Å². The van der Waals surface area contributed by atoms with E-state index in [0.29, 0.717) is 44.8 Å². The average Bonchev–Trinajstić information content (AvgIpc) is 2.99. The first-order valence-electron chi connectivity index (χ1n) is 9.06. The van der Waals surface area contributed by atoms with Crippen LogP contribution in [-0.2, 0) is 11.2 Å². The number of rotatable bonds is 7. The first kappa shape index (κ1) is 21.6. The SMILES string of the molecule is C=CCc1cc(/C=C2/SC(=S)N(c3cccc(C(=O)O)c3)C2=O)cc(OCC)c1O. The maximum atomic E-state index is 13.0. The van der Waals surface area contributed by atoms with Gasteiger partial charge in [-0.1, -0.05) is 36.1 Å². The van der Waals surface area contributed by atoms with Crippen molar-refractivity contribution in [2.45, 2.75) is 13.3 Å². The number of carbonyl (C=O) groups is 2. The number of aromatic carboxylic acids is 1. The molecule has 0 saturated carbocycles. The standard InChI is InChI=1S/C22H19NO5S2/c1-3-6-14-9-13(10-17(19(14)24)28-4-2)11-18-20(25)23(22(29)30-18)16-8-5-7-15(12-16)21(26)27/h3,5,7-12,24H,1,4,6H2,2H3,(H,26,27)/b18-11+. The summed E-state index contributed by atoms with van der Waals surface area (Å²) in [5.41, 5.74) is 1.77. The Kier molecular flexibility index (Phi) is 6.59. The predicted molar refractivity (Wildman–Crippen MR) is 122 cm³/mol. The summed E-state index contributed by atoms with van der Waals surface area (Å²) < 4.78 is 5.81. The van der Waals surface area contributed by atoms with E-state index in [1.807, 2.05) is 6.92 Å². The molecule has 1 aliphatic heterocycles. The maximum Gasteiger partial charge on any atom is 0.335 e. The molecule has 0 aliphatic carbocycles. The average molecular weight is 442 g/mol. The Hall–Kier alpha value is -3.10. The first-order valence-corrected chi connectivity index (χ1v) is 10.3. The number of anilines is 1. The van der Waals surface area contributed by atoms with Gasteiger partial charge in [-0.2, -0.15) is 0 Å². The number of hydrogen-bond donors (Lipinski definition) is 2. The highest BCUT2D eigenvalue weighted by atomic mass is 32.2. The number of carboxylic acids is 1. The largest absolute Gasteiger partial charge is 0.504 e. The molecule has 0 radical (unpaired) electrons. The number of ether oxygens (including phenoxy) is 1. The van der Waals surface area contributed by atoms with Gasteiger partial charge in [0.25, 0.3) is 5.91 Å². The number of phenolic OH excluding ortho intramolecular Hbond substituents is 1. The van der Waals surface area contributed by atoms with E-state index in [1.54, 1.807) is 36.4 Å². The molecular formula is C22H19NO5S2. The van der Waals surface area contributed by atoms with E-state index in [4.69, 9.17) is 17.0 Å². The van der Waals surface area contributed by atoms with Gasteiger partial charge in [0, 0.05) is 5.56 Å². The molecule has 2 N–H and O–H groups in total. The van der Waals surface area contributed by atoms with E-state index >= 15 is 0 Å². The number of allylic oxidation sites excluding steroid dienone is 1. The lowest BCUT2D eigenvalue weighted by molar-refractivity contribution is -0.113. The molecule has 1 saturated heterocycles. The third-order valence-electron chi connectivity index (χ3n) is 4.28. The lowest BCUT2D eigenvalue weighted by atomic mass is 10.0. The van der Waals surface area contributed by atoms with E-state index in [2.05, 4.69) is 6.58 Å². The van der Waals surface area contributed by atoms with Crippen LogP contribution >= 0.6 is 24.0 Å². The normalized spacial score (nSPS) is 15.0. The monoisotopic (exact) mass is 441 g/mol. The zero-order valence-electron chi connectivity index (χ0n) is 16.1. The highest BCUT2D eigenvalue weighted by molar-refractivity contribution is 8.27.